The molecule has 66 heavy (non-hydrogen) atoms. The van der Waals surface area contributed by atoms with Crippen molar-refractivity contribution in [2.45, 2.75) is 124 Å². The zero-order valence-corrected chi connectivity index (χ0v) is 42.1. The first-order valence-electron chi connectivity index (χ1n) is 23.0. The number of nitrogens with zero attached hydrogens (tertiary/aromatic N) is 4. The number of hydrogen-bond acceptors (Lipinski definition) is 16. The molecule has 1 heterocycles. The van der Waals surface area contributed by atoms with Crippen LogP contribution in [0.1, 0.15) is 95.1 Å². The Morgan fingerprint density at radius 3 is 1.41 bits per heavy atom. The number of amides is 1. The van der Waals surface area contributed by atoms with Gasteiger partial charge in [-0.2, -0.15) is 0 Å². The molecule has 1 atom stereocenters. The number of carbonyl (C=O) groups is 5. The van der Waals surface area contributed by atoms with Crippen LogP contribution in [0.25, 0.3) is 0 Å². The van der Waals surface area contributed by atoms with Crippen molar-refractivity contribution in [3.8, 4) is 12.3 Å². The summed E-state index contributed by atoms with van der Waals surface area (Å²) in [6, 6.07) is 7.14. The van der Waals surface area contributed by atoms with Gasteiger partial charge in [0.15, 0.2) is 0 Å². The van der Waals surface area contributed by atoms with Crippen LogP contribution in [0.2, 0.25) is 0 Å². The van der Waals surface area contributed by atoms with E-state index < -0.39 is 40.3 Å². The van der Waals surface area contributed by atoms with Gasteiger partial charge in [0.25, 0.3) is 0 Å². The number of hydrogen-bond donors (Lipinski definition) is 1. The molecule has 0 saturated carbocycles. The molecular weight excluding hydrogens is 851 g/mol. The van der Waals surface area contributed by atoms with Gasteiger partial charge in [0.2, 0.25) is 5.91 Å². The SMILES string of the molecule is C#CCOCCOCCOCCC(=O)Nc1ccc(CC2CN(CC(=O)OC(C)(C)C)CCN(CC(=O)OC(C)(C)C)CCN(CC(=O)OC(C)(C)C)CCN2CC(=O)OC(C)(C)C)cc1. The third kappa shape index (κ3) is 28.8. The van der Waals surface area contributed by atoms with Crippen molar-refractivity contribution in [3.63, 3.8) is 0 Å². The van der Waals surface area contributed by atoms with Gasteiger partial charge in [-0.05, 0) is 107 Å². The Morgan fingerprint density at radius 2 is 0.955 bits per heavy atom. The van der Waals surface area contributed by atoms with Crippen LogP contribution in [-0.4, -0.2) is 189 Å². The van der Waals surface area contributed by atoms with Gasteiger partial charge in [-0.15, -0.1) is 6.42 Å². The molecule has 0 radical (unpaired) electrons. The molecule has 1 unspecified atom stereocenters. The normalized spacial score (nSPS) is 16.9. The quantitative estimate of drug-likeness (QED) is 0.0804. The number of nitrogens with one attached hydrogen (secondary N) is 1. The van der Waals surface area contributed by atoms with Crippen LogP contribution < -0.4 is 5.32 Å². The topological polar surface area (TPSA) is 175 Å². The third-order valence-electron chi connectivity index (χ3n) is 9.34. The molecule has 1 amide bonds. The monoisotopic (exact) mass is 932 g/mol. The Morgan fingerprint density at radius 1 is 0.561 bits per heavy atom. The lowest BCUT2D eigenvalue weighted by molar-refractivity contribution is -0.160. The standard InChI is InChI=1S/C49H81N5O12/c1-14-26-60-28-30-62-31-29-61-27-19-41(55)50-39-17-15-38(16-18-39)32-40-33-53(36-44(58)65-48(8,9)10)23-22-51(34-42(56)63-46(2,3)4)20-21-52(35-43(57)64-47(5,6)7)24-25-54(40)37-45(59)66-49(11,12)13/h1,15-18,40H,19-37H2,2-13H3,(H,50,55). The van der Waals surface area contributed by atoms with E-state index in [9.17, 15) is 24.0 Å². The number of benzene rings is 1. The number of esters is 4. The van der Waals surface area contributed by atoms with Crippen molar-refractivity contribution >= 4 is 35.5 Å². The maximum atomic E-state index is 13.7. The molecular formula is C49H81N5O12. The van der Waals surface area contributed by atoms with E-state index in [0.29, 0.717) is 84.3 Å². The molecule has 1 aromatic rings. The Labute approximate surface area is 394 Å². The first-order valence-corrected chi connectivity index (χ1v) is 23.0. The van der Waals surface area contributed by atoms with Gasteiger partial charge in [0, 0.05) is 57.5 Å². The summed E-state index contributed by atoms with van der Waals surface area (Å²) >= 11 is 0. The average molecular weight is 932 g/mol. The summed E-state index contributed by atoms with van der Waals surface area (Å²) in [6.07, 6.45) is 5.76. The number of carbonyl (C=O) groups excluding carboxylic acids is 5. The van der Waals surface area contributed by atoms with E-state index in [1.807, 2.05) is 127 Å². The highest BCUT2D eigenvalue weighted by Gasteiger charge is 2.31. The van der Waals surface area contributed by atoms with E-state index in [2.05, 4.69) is 11.2 Å². The van der Waals surface area contributed by atoms with Gasteiger partial charge in [0.05, 0.1) is 65.6 Å². The number of ether oxygens (including phenoxy) is 7. The van der Waals surface area contributed by atoms with Crippen molar-refractivity contribution in [1.29, 1.82) is 0 Å². The van der Waals surface area contributed by atoms with Crippen molar-refractivity contribution in [1.82, 2.24) is 19.6 Å². The highest BCUT2D eigenvalue weighted by atomic mass is 16.6. The van der Waals surface area contributed by atoms with Crippen molar-refractivity contribution in [2.75, 3.05) is 117 Å². The van der Waals surface area contributed by atoms with E-state index in [4.69, 9.17) is 39.6 Å². The summed E-state index contributed by atoms with van der Waals surface area (Å²) in [5.41, 5.74) is -1.31. The fraction of sp³-hybridized carbons (Fsp3) is 0.735. The maximum absolute atomic E-state index is 13.7. The smallest absolute Gasteiger partial charge is 0.320 e. The minimum Gasteiger partial charge on any atom is -0.459 e. The third-order valence-corrected chi connectivity index (χ3v) is 9.34. The summed E-state index contributed by atoms with van der Waals surface area (Å²) in [6.45, 7) is 26.3. The van der Waals surface area contributed by atoms with Crippen molar-refractivity contribution in [3.05, 3.63) is 29.8 Å². The van der Waals surface area contributed by atoms with Gasteiger partial charge in [-0.25, -0.2) is 0 Å². The molecule has 17 nitrogen and oxygen atoms in total. The summed E-state index contributed by atoms with van der Waals surface area (Å²) in [4.78, 5) is 74.4. The van der Waals surface area contributed by atoms with E-state index >= 15 is 0 Å². The van der Waals surface area contributed by atoms with Gasteiger partial charge in [-0.1, -0.05) is 18.1 Å². The van der Waals surface area contributed by atoms with E-state index in [0.717, 1.165) is 5.56 Å². The molecule has 374 valence electrons. The molecule has 0 aliphatic carbocycles. The lowest BCUT2D eigenvalue weighted by Gasteiger charge is -2.39. The molecule has 1 aliphatic rings. The van der Waals surface area contributed by atoms with Gasteiger partial charge >= 0.3 is 23.9 Å². The van der Waals surface area contributed by atoms with Gasteiger partial charge in [0.1, 0.15) is 29.0 Å². The predicted octanol–water partition coefficient (Wildman–Crippen LogP) is 4.20. The molecule has 0 aromatic heterocycles. The number of anilines is 1. The van der Waals surface area contributed by atoms with Crippen LogP contribution in [0.4, 0.5) is 5.69 Å². The van der Waals surface area contributed by atoms with Crippen LogP contribution in [0.15, 0.2) is 24.3 Å². The van der Waals surface area contributed by atoms with E-state index in [-0.39, 0.29) is 63.7 Å². The van der Waals surface area contributed by atoms with Crippen molar-refractivity contribution < 1.29 is 57.1 Å². The Kier molecular flexibility index (Phi) is 24.8. The second kappa shape index (κ2) is 28.2. The largest absolute Gasteiger partial charge is 0.459 e. The molecule has 1 aromatic carbocycles. The number of rotatable bonds is 21. The fourth-order valence-electron chi connectivity index (χ4n) is 6.77. The molecule has 1 fully saturated rings. The fourth-order valence-corrected chi connectivity index (χ4v) is 6.77. The average Bonchev–Trinajstić information content (AvgIpc) is 3.15. The summed E-state index contributed by atoms with van der Waals surface area (Å²) in [5, 5.41) is 2.92. The first-order chi connectivity index (χ1) is 30.7. The zero-order chi connectivity index (χ0) is 49.6. The Hall–Kier alpha value is -4.15. The van der Waals surface area contributed by atoms with E-state index in [1.165, 1.54) is 0 Å². The lowest BCUT2D eigenvalue weighted by Crippen LogP contribution is -2.54. The molecule has 0 spiro atoms. The van der Waals surface area contributed by atoms with Crippen LogP contribution >= 0.6 is 0 Å². The second-order valence-corrected chi connectivity index (χ2v) is 20.4. The predicted molar refractivity (Wildman–Crippen MR) is 253 cm³/mol. The molecule has 2 rings (SSSR count). The van der Waals surface area contributed by atoms with Crippen LogP contribution in [0.3, 0.4) is 0 Å². The summed E-state index contributed by atoms with van der Waals surface area (Å²) < 4.78 is 39.2. The highest BCUT2D eigenvalue weighted by Crippen LogP contribution is 2.19. The summed E-state index contributed by atoms with van der Waals surface area (Å²) in [5.74, 6) is 0.586. The van der Waals surface area contributed by atoms with Crippen LogP contribution in [0, 0.1) is 12.3 Å². The molecule has 0 bridgehead atoms. The minimum atomic E-state index is -0.735. The highest BCUT2D eigenvalue weighted by molar-refractivity contribution is 5.90. The lowest BCUT2D eigenvalue weighted by atomic mass is 10.0. The Balaban J connectivity index is 2.45. The minimum absolute atomic E-state index is 0.00173. The molecule has 1 aliphatic heterocycles. The first kappa shape index (κ1) is 58.0. The number of terminal acetylenes is 1. The van der Waals surface area contributed by atoms with Crippen LogP contribution in [-0.2, 0) is 63.6 Å². The Bertz CT molecular complexity index is 1690. The molecule has 1 saturated heterocycles. The van der Waals surface area contributed by atoms with Gasteiger partial charge in [-0.3, -0.25) is 43.6 Å². The zero-order valence-electron chi connectivity index (χ0n) is 42.1. The molecule has 17 heteroatoms. The van der Waals surface area contributed by atoms with Crippen molar-refractivity contribution in [2.24, 2.45) is 0 Å². The maximum Gasteiger partial charge on any atom is 0.320 e. The molecule has 1 N–H and O–H groups in total. The van der Waals surface area contributed by atoms with Crippen LogP contribution in [0.5, 0.6) is 0 Å². The van der Waals surface area contributed by atoms with E-state index in [1.54, 1.807) is 0 Å². The summed E-state index contributed by atoms with van der Waals surface area (Å²) in [7, 11) is 0. The second-order valence-electron chi connectivity index (χ2n) is 20.4. The van der Waals surface area contributed by atoms with Gasteiger partial charge < -0.3 is 38.5 Å².